The Labute approximate surface area is 406 Å². The van der Waals surface area contributed by atoms with Crippen molar-refractivity contribution in [2.75, 3.05) is 13.2 Å². The number of carbonyl (C=O) groups is 2. The van der Waals surface area contributed by atoms with Crippen molar-refractivity contribution in [3.05, 3.63) is 48.6 Å². The second kappa shape index (κ2) is 39.5. The molecule has 1 fully saturated rings. The summed E-state index contributed by atoms with van der Waals surface area (Å²) >= 11 is 0. The highest BCUT2D eigenvalue weighted by Gasteiger charge is 2.54. The van der Waals surface area contributed by atoms with Crippen LogP contribution in [0.15, 0.2) is 48.6 Å². The van der Waals surface area contributed by atoms with Gasteiger partial charge in [0.1, 0.15) is 43.2 Å². The molecule has 0 amide bonds. The third-order valence-corrected chi connectivity index (χ3v) is 13.0. The molecule has 1 rings (SSSR count). The first-order valence-corrected chi connectivity index (χ1v) is 28.3. The molecule has 396 valence electrons. The molecule has 0 aromatic rings. The van der Waals surface area contributed by atoms with Gasteiger partial charge in [-0.2, -0.15) is 0 Å². The van der Waals surface area contributed by atoms with E-state index >= 15 is 0 Å². The van der Waals surface area contributed by atoms with E-state index in [1.807, 2.05) is 30.4 Å². The molecule has 0 bridgehead atoms. The third-order valence-electron chi connectivity index (χ3n) is 11.5. The molecule has 8 N–H and O–H groups in total. The molecule has 0 radical (unpaired) electrons. The van der Waals surface area contributed by atoms with Gasteiger partial charge in [-0.1, -0.05) is 178 Å². The van der Waals surface area contributed by atoms with Crippen LogP contribution in [0, 0.1) is 0 Å². The molecule has 68 heavy (non-hydrogen) atoms. The maximum atomic E-state index is 13.0. The molecule has 5 unspecified atom stereocenters. The lowest BCUT2D eigenvalue weighted by atomic mass is 9.85. The maximum absolute atomic E-state index is 13.0. The first kappa shape index (κ1) is 63.9. The van der Waals surface area contributed by atoms with Gasteiger partial charge in [0.05, 0.1) is 12.7 Å². The van der Waals surface area contributed by atoms with Crippen LogP contribution in [0.1, 0.15) is 187 Å². The summed E-state index contributed by atoms with van der Waals surface area (Å²) in [6.45, 7) is 2.98. The van der Waals surface area contributed by atoms with Gasteiger partial charge in [0.15, 0.2) is 6.10 Å². The molecule has 1 aliphatic carbocycles. The van der Waals surface area contributed by atoms with Crippen molar-refractivity contribution in [2.45, 2.75) is 236 Å². The average Bonchev–Trinajstić information content (AvgIpc) is 3.29. The van der Waals surface area contributed by atoms with Crippen LogP contribution in [-0.4, -0.2) is 114 Å². The van der Waals surface area contributed by atoms with Crippen LogP contribution in [0.3, 0.4) is 0 Å². The number of carbonyl (C=O) groups excluding carboxylic acids is 2. The number of hydrogen-bond donors (Lipinski definition) is 8. The molecule has 19 heteroatoms. The number of esters is 2. The van der Waals surface area contributed by atoms with Crippen molar-refractivity contribution < 1.29 is 82.0 Å². The van der Waals surface area contributed by atoms with Gasteiger partial charge in [-0.05, 0) is 44.9 Å². The fraction of sp³-hybridized carbons (Fsp3) is 0.796. The molecule has 0 spiro atoms. The van der Waals surface area contributed by atoms with Crippen LogP contribution in [0.2, 0.25) is 0 Å². The predicted molar refractivity (Wildman–Crippen MR) is 261 cm³/mol. The minimum Gasteiger partial charge on any atom is -0.462 e. The zero-order chi connectivity index (χ0) is 50.5. The lowest BCUT2D eigenvalue weighted by molar-refractivity contribution is -0.216. The van der Waals surface area contributed by atoms with Crippen molar-refractivity contribution in [2.24, 2.45) is 0 Å². The third kappa shape index (κ3) is 33.5. The highest BCUT2D eigenvalue weighted by molar-refractivity contribution is 7.47. The van der Waals surface area contributed by atoms with Gasteiger partial charge in [-0.25, -0.2) is 9.13 Å². The number of unbranched alkanes of at least 4 members (excludes halogenated alkanes) is 20. The van der Waals surface area contributed by atoms with E-state index in [-0.39, 0.29) is 12.8 Å². The van der Waals surface area contributed by atoms with Crippen LogP contribution in [0.4, 0.5) is 0 Å². The molecule has 9 atom stereocenters. The van der Waals surface area contributed by atoms with Gasteiger partial charge in [-0.3, -0.25) is 23.2 Å². The second-order valence-electron chi connectivity index (χ2n) is 17.7. The Morgan fingerprint density at radius 1 is 0.544 bits per heavy atom. The van der Waals surface area contributed by atoms with Gasteiger partial charge < -0.3 is 49.7 Å². The van der Waals surface area contributed by atoms with E-state index < -0.39 is 89.6 Å². The van der Waals surface area contributed by atoms with Crippen LogP contribution in [0.25, 0.3) is 0 Å². The molecule has 0 saturated heterocycles. The monoisotopic (exact) mass is 1010 g/mol. The van der Waals surface area contributed by atoms with Crippen molar-refractivity contribution >= 4 is 27.6 Å². The van der Waals surface area contributed by atoms with Crippen molar-refractivity contribution in [3.63, 3.8) is 0 Å². The number of rotatable bonds is 42. The number of allylic oxidation sites excluding steroid dienone is 6. The molecule has 0 aromatic carbocycles. The van der Waals surface area contributed by atoms with Gasteiger partial charge in [0.25, 0.3) is 0 Å². The molecular weight excluding hydrogens is 922 g/mol. The summed E-state index contributed by atoms with van der Waals surface area (Å²) in [6.07, 6.45) is 26.6. The zero-order valence-electron chi connectivity index (χ0n) is 40.9. The zero-order valence-corrected chi connectivity index (χ0v) is 42.7. The fourth-order valence-corrected chi connectivity index (χ4v) is 9.05. The second-order valence-corrected chi connectivity index (χ2v) is 20.3. The molecule has 17 nitrogen and oxygen atoms in total. The van der Waals surface area contributed by atoms with E-state index in [0.29, 0.717) is 32.1 Å². The normalized spacial score (nSPS) is 22.1. The summed E-state index contributed by atoms with van der Waals surface area (Å²) in [5.41, 5.74) is 0. The lowest BCUT2D eigenvalue weighted by Crippen LogP contribution is -2.64. The summed E-state index contributed by atoms with van der Waals surface area (Å²) in [7, 11) is -10.7. The van der Waals surface area contributed by atoms with Crippen molar-refractivity contribution in [1.29, 1.82) is 0 Å². The Morgan fingerprint density at radius 3 is 1.62 bits per heavy atom. The summed E-state index contributed by atoms with van der Waals surface area (Å²) in [5.74, 6) is -1.30. The van der Waals surface area contributed by atoms with E-state index in [9.17, 15) is 58.9 Å². The first-order valence-electron chi connectivity index (χ1n) is 25.3. The Kier molecular flexibility index (Phi) is 37.2. The first-order chi connectivity index (χ1) is 32.5. The molecule has 0 aliphatic heterocycles. The molecule has 0 aromatic heterocycles. The maximum Gasteiger partial charge on any atom is 0.472 e. The van der Waals surface area contributed by atoms with Crippen LogP contribution >= 0.6 is 15.6 Å². The minimum atomic E-state index is -5.38. The highest BCUT2D eigenvalue weighted by atomic mass is 31.2. The van der Waals surface area contributed by atoms with E-state index in [0.717, 1.165) is 38.5 Å². The van der Waals surface area contributed by atoms with Crippen molar-refractivity contribution in [1.82, 2.24) is 0 Å². The van der Waals surface area contributed by atoms with Gasteiger partial charge in [0.2, 0.25) is 0 Å². The van der Waals surface area contributed by atoms with E-state index in [2.05, 4.69) is 24.4 Å². The average molecular weight is 1010 g/mol. The quantitative estimate of drug-likeness (QED) is 0.00931. The molecule has 0 heterocycles. The lowest BCUT2D eigenvalue weighted by Gasteiger charge is -2.43. The fourth-order valence-electron chi connectivity index (χ4n) is 7.52. The summed E-state index contributed by atoms with van der Waals surface area (Å²) in [5, 5.41) is 51.3. The summed E-state index contributed by atoms with van der Waals surface area (Å²) in [6, 6.07) is 0. The van der Waals surface area contributed by atoms with Gasteiger partial charge in [0, 0.05) is 12.8 Å². The summed E-state index contributed by atoms with van der Waals surface area (Å²) in [4.78, 5) is 54.3. The molecule has 1 aliphatic rings. The van der Waals surface area contributed by atoms with Crippen LogP contribution in [0.5, 0.6) is 0 Å². The highest BCUT2D eigenvalue weighted by Crippen LogP contribution is 2.49. The Bertz CT molecular complexity index is 1520. The minimum absolute atomic E-state index is 0.0136. The van der Waals surface area contributed by atoms with Gasteiger partial charge >= 0.3 is 27.6 Å². The predicted octanol–water partition coefficient (Wildman–Crippen LogP) is 9.04. The van der Waals surface area contributed by atoms with Gasteiger partial charge in [-0.15, -0.1) is 0 Å². The van der Waals surface area contributed by atoms with E-state index in [1.165, 1.54) is 89.9 Å². The number of aliphatic hydroxyl groups excluding tert-OH is 5. The largest absolute Gasteiger partial charge is 0.472 e. The Hall–Kier alpha value is -2.08. The Balaban J connectivity index is 2.62. The van der Waals surface area contributed by atoms with E-state index in [4.69, 9.17) is 18.5 Å². The topological polar surface area (TPSA) is 276 Å². The van der Waals surface area contributed by atoms with Crippen molar-refractivity contribution in [3.8, 4) is 0 Å². The number of phosphoric acid groups is 2. The number of aliphatic hydroxyl groups is 5. The smallest absolute Gasteiger partial charge is 0.462 e. The molecule has 1 saturated carbocycles. The van der Waals surface area contributed by atoms with Crippen LogP contribution in [-0.2, 0) is 41.8 Å². The van der Waals surface area contributed by atoms with Crippen LogP contribution < -0.4 is 0 Å². The number of hydrogen-bond acceptors (Lipinski definition) is 14. The summed E-state index contributed by atoms with van der Waals surface area (Å²) < 4.78 is 49.4. The SMILES string of the molecule is CCCCC/C=C\C[C@@H](O)/C=C/C=C\C/C=C\CCCC(=O)OC[C@H](COP(=O)(O)O[C@H]1C(O)C(O)C(O)[C@@H](OP(=O)(O)O)C1O)OC(=O)CCCCCCCCCCCCCCCCCCC. The van der Waals surface area contributed by atoms with E-state index in [1.54, 1.807) is 12.2 Å². The molecular formula is C49H88O17P2. The standard InChI is InChI=1S/C49H88O17P2/c1-3-5-7-9-11-12-13-14-15-16-17-18-19-20-25-29-33-37-43(52)64-41(39-63-68(60,61)66-49-46(55)44(53)45(54)48(47(49)56)65-67(57,58)59)38-62-42(51)36-32-28-24-22-21-23-27-31-35-40(50)34-30-26-10-8-6-4-2/h22-24,26-27,30-31,35,40-41,44-50,53-56H,3-21,25,28-29,32-34,36-39H2,1-2H3,(H,60,61)(H2,57,58,59)/b24-22-,27-23-,30-26-,35-31+/t40-,41-,44?,45?,46?,47?,48-,49+/m1/s1. The number of phosphoric ester groups is 2. The Morgan fingerprint density at radius 2 is 1.04 bits per heavy atom. The number of ether oxygens (including phenoxy) is 2.